The predicted octanol–water partition coefficient (Wildman–Crippen LogP) is 2.93. The van der Waals surface area contributed by atoms with E-state index in [4.69, 9.17) is 14.2 Å². The Morgan fingerprint density at radius 3 is 2.52 bits per heavy atom. The third-order valence-electron chi connectivity index (χ3n) is 4.09. The summed E-state index contributed by atoms with van der Waals surface area (Å²) in [6.07, 6.45) is 0.382. The van der Waals surface area contributed by atoms with Crippen molar-refractivity contribution < 1.29 is 24.1 Å². The molecule has 0 radical (unpaired) electrons. The van der Waals surface area contributed by atoms with E-state index in [1.165, 1.54) is 0 Å². The summed E-state index contributed by atoms with van der Waals surface area (Å²) in [5.74, 6) is 0.851. The van der Waals surface area contributed by atoms with E-state index in [1.807, 2.05) is 6.92 Å². The number of fused-ring (bicyclic) bond motifs is 1. The lowest BCUT2D eigenvalue weighted by molar-refractivity contribution is 0.0532. The first-order valence-corrected chi connectivity index (χ1v) is 11.6. The molecule has 1 aliphatic heterocycles. The number of aliphatic hydroxyl groups is 1. The lowest BCUT2D eigenvalue weighted by atomic mass is 9.95. The van der Waals surface area contributed by atoms with Crippen LogP contribution in [0.25, 0.3) is 0 Å². The Labute approximate surface area is 138 Å². The maximum absolute atomic E-state index is 12.2. The van der Waals surface area contributed by atoms with Gasteiger partial charge < -0.3 is 19.3 Å². The summed E-state index contributed by atoms with van der Waals surface area (Å²) in [5, 5.41) is 9.40. The zero-order chi connectivity index (χ0) is 17.2. The second-order valence-electron chi connectivity index (χ2n) is 7.03. The third-order valence-corrected chi connectivity index (χ3v) is 5.79. The lowest BCUT2D eigenvalue weighted by Gasteiger charge is -2.21. The Bertz CT molecular complexity index is 604. The number of cyclic esters (lactones) is 1. The summed E-state index contributed by atoms with van der Waals surface area (Å²) in [5.41, 5.74) is 2.97. The number of hydrogen-bond donors (Lipinski definition) is 1. The fourth-order valence-corrected chi connectivity index (χ4v) is 3.50. The molecular formula is C17H26O5Si. The van der Waals surface area contributed by atoms with Crippen LogP contribution in [0.2, 0.25) is 25.7 Å². The van der Waals surface area contributed by atoms with Gasteiger partial charge in [-0.2, -0.15) is 0 Å². The number of hydrogen-bond acceptors (Lipinski definition) is 5. The molecule has 23 heavy (non-hydrogen) atoms. The van der Waals surface area contributed by atoms with Gasteiger partial charge in [0.2, 0.25) is 0 Å². The van der Waals surface area contributed by atoms with E-state index in [9.17, 15) is 9.90 Å². The fourth-order valence-electron chi connectivity index (χ4n) is 2.78. The van der Waals surface area contributed by atoms with E-state index < -0.39 is 8.07 Å². The zero-order valence-electron chi connectivity index (χ0n) is 14.6. The zero-order valence-corrected chi connectivity index (χ0v) is 15.6. The van der Waals surface area contributed by atoms with Gasteiger partial charge >= 0.3 is 5.97 Å². The van der Waals surface area contributed by atoms with Gasteiger partial charge in [0.25, 0.3) is 0 Å². The van der Waals surface area contributed by atoms with Gasteiger partial charge in [0, 0.05) is 32.2 Å². The monoisotopic (exact) mass is 338 g/mol. The van der Waals surface area contributed by atoms with Crippen LogP contribution in [-0.2, 0) is 17.8 Å². The molecule has 1 aromatic carbocycles. The van der Waals surface area contributed by atoms with E-state index in [2.05, 4.69) is 19.6 Å². The highest BCUT2D eigenvalue weighted by Crippen LogP contribution is 2.42. The van der Waals surface area contributed by atoms with Crippen LogP contribution < -0.4 is 9.47 Å². The molecule has 0 atom stereocenters. The molecule has 0 unspecified atom stereocenters. The third kappa shape index (κ3) is 3.69. The number of methoxy groups -OCH3 is 1. The molecule has 0 saturated carbocycles. The van der Waals surface area contributed by atoms with Gasteiger partial charge in [0.15, 0.2) is 0 Å². The number of carbonyl (C=O) groups excluding carboxylic acids is 1. The van der Waals surface area contributed by atoms with Gasteiger partial charge in [-0.25, -0.2) is 4.79 Å². The largest absolute Gasteiger partial charge is 0.496 e. The summed E-state index contributed by atoms with van der Waals surface area (Å²) >= 11 is 0. The minimum Gasteiger partial charge on any atom is -0.496 e. The van der Waals surface area contributed by atoms with Crippen molar-refractivity contribution in [3.8, 4) is 11.5 Å². The molecule has 0 spiro atoms. The average Bonchev–Trinajstić information content (AvgIpc) is 2.84. The Kier molecular flexibility index (Phi) is 5.36. The van der Waals surface area contributed by atoms with Crippen molar-refractivity contribution >= 4 is 14.0 Å². The van der Waals surface area contributed by atoms with Crippen LogP contribution >= 0.6 is 0 Å². The number of aliphatic hydroxyl groups excluding tert-OH is 1. The average molecular weight is 338 g/mol. The van der Waals surface area contributed by atoms with E-state index in [0.717, 1.165) is 22.7 Å². The molecule has 0 saturated heterocycles. The number of carbonyl (C=O) groups is 1. The van der Waals surface area contributed by atoms with Gasteiger partial charge in [0.1, 0.15) is 23.7 Å². The molecule has 0 fully saturated rings. The second kappa shape index (κ2) is 6.92. The molecule has 0 aliphatic carbocycles. The van der Waals surface area contributed by atoms with Crippen molar-refractivity contribution in [3.63, 3.8) is 0 Å². The highest BCUT2D eigenvalue weighted by atomic mass is 28.3. The van der Waals surface area contributed by atoms with E-state index in [-0.39, 0.29) is 19.2 Å². The predicted molar refractivity (Wildman–Crippen MR) is 91.3 cm³/mol. The van der Waals surface area contributed by atoms with Crippen LogP contribution in [0.3, 0.4) is 0 Å². The summed E-state index contributed by atoms with van der Waals surface area (Å²) in [4.78, 5) is 12.2. The molecule has 0 amide bonds. The SMILES string of the molecule is COc1c(C)c2c(c(OCC[Si](C)(C)C)c1CCO)C(=O)OC2. The molecule has 1 N–H and O–H groups in total. The van der Waals surface area contributed by atoms with Gasteiger partial charge in [0.05, 0.1) is 13.7 Å². The topological polar surface area (TPSA) is 65.0 Å². The van der Waals surface area contributed by atoms with Crippen molar-refractivity contribution in [2.75, 3.05) is 20.3 Å². The molecule has 1 aromatic rings. The van der Waals surface area contributed by atoms with Gasteiger partial charge in [-0.15, -0.1) is 0 Å². The van der Waals surface area contributed by atoms with Crippen LogP contribution in [0.5, 0.6) is 11.5 Å². The maximum Gasteiger partial charge on any atom is 0.342 e. The van der Waals surface area contributed by atoms with E-state index in [1.54, 1.807) is 7.11 Å². The summed E-state index contributed by atoms with van der Waals surface area (Å²) in [7, 11) is 0.352. The molecule has 6 heteroatoms. The van der Waals surface area contributed by atoms with Crippen molar-refractivity contribution in [3.05, 3.63) is 22.3 Å². The van der Waals surface area contributed by atoms with Gasteiger partial charge in [-0.3, -0.25) is 0 Å². The molecule has 5 nitrogen and oxygen atoms in total. The molecule has 0 bridgehead atoms. The standard InChI is InChI=1S/C17H26O5Si/c1-11-13-10-22-17(19)14(13)16(21-8-9-23(3,4)5)12(6-7-18)15(11)20-2/h18H,6-10H2,1-5H3. The summed E-state index contributed by atoms with van der Waals surface area (Å²) < 4.78 is 16.7. The van der Waals surface area contributed by atoms with Crippen molar-refractivity contribution in [2.24, 2.45) is 0 Å². The van der Waals surface area contributed by atoms with E-state index in [0.29, 0.717) is 30.1 Å². The lowest BCUT2D eigenvalue weighted by Crippen LogP contribution is -2.23. The Hall–Kier alpha value is -1.53. The van der Waals surface area contributed by atoms with Gasteiger partial charge in [-0.1, -0.05) is 19.6 Å². The molecule has 0 aromatic heterocycles. The van der Waals surface area contributed by atoms with Crippen molar-refractivity contribution in [1.82, 2.24) is 0 Å². The van der Waals surface area contributed by atoms with Crippen LogP contribution in [0.1, 0.15) is 27.0 Å². The minimum atomic E-state index is -1.24. The van der Waals surface area contributed by atoms with Crippen LogP contribution in [0.15, 0.2) is 0 Å². The van der Waals surface area contributed by atoms with Crippen LogP contribution in [-0.4, -0.2) is 39.5 Å². The van der Waals surface area contributed by atoms with Crippen LogP contribution in [0.4, 0.5) is 0 Å². The first-order chi connectivity index (χ1) is 10.8. The Morgan fingerprint density at radius 2 is 1.96 bits per heavy atom. The normalized spacial score (nSPS) is 13.7. The van der Waals surface area contributed by atoms with Gasteiger partial charge in [-0.05, 0) is 18.5 Å². The van der Waals surface area contributed by atoms with Crippen LogP contribution in [0, 0.1) is 6.92 Å². The maximum atomic E-state index is 12.2. The highest BCUT2D eigenvalue weighted by Gasteiger charge is 2.33. The number of benzene rings is 1. The quantitative estimate of drug-likeness (QED) is 0.612. The Morgan fingerprint density at radius 1 is 1.26 bits per heavy atom. The highest BCUT2D eigenvalue weighted by molar-refractivity contribution is 6.76. The van der Waals surface area contributed by atoms with Crippen molar-refractivity contribution in [1.29, 1.82) is 0 Å². The van der Waals surface area contributed by atoms with E-state index >= 15 is 0 Å². The smallest absolute Gasteiger partial charge is 0.342 e. The molecular weight excluding hydrogens is 312 g/mol. The summed E-state index contributed by atoms with van der Waals surface area (Å²) in [6, 6.07) is 0.992. The molecule has 1 aliphatic rings. The molecule has 2 rings (SSSR count). The second-order valence-corrected chi connectivity index (χ2v) is 12.6. The number of esters is 1. The van der Waals surface area contributed by atoms with Crippen molar-refractivity contribution in [2.45, 2.75) is 45.6 Å². The fraction of sp³-hybridized carbons (Fsp3) is 0.588. The molecule has 1 heterocycles. The summed E-state index contributed by atoms with van der Waals surface area (Å²) in [6.45, 7) is 9.51. The first kappa shape index (κ1) is 17.8. The first-order valence-electron chi connectivity index (χ1n) is 7.93. The molecule has 128 valence electrons. The Balaban J connectivity index is 2.48. The number of rotatable bonds is 7. The minimum absolute atomic E-state index is 0.0337. The number of ether oxygens (including phenoxy) is 3.